The Balaban J connectivity index is 1.89. The number of amides is 1. The van der Waals surface area contributed by atoms with Gasteiger partial charge in [-0.25, -0.2) is 18.7 Å². The van der Waals surface area contributed by atoms with E-state index in [1.54, 1.807) is 6.20 Å². The van der Waals surface area contributed by atoms with E-state index in [1.165, 1.54) is 11.0 Å². The van der Waals surface area contributed by atoms with Gasteiger partial charge in [0.25, 0.3) is 5.91 Å². The number of carbonyl (C=O) groups is 1. The van der Waals surface area contributed by atoms with E-state index in [1.807, 2.05) is 25.1 Å². The van der Waals surface area contributed by atoms with Crippen molar-refractivity contribution in [1.29, 1.82) is 0 Å². The average molecular weight is 346 g/mol. The van der Waals surface area contributed by atoms with E-state index in [2.05, 4.69) is 9.97 Å². The summed E-state index contributed by atoms with van der Waals surface area (Å²) in [6, 6.07) is 4.89. The third kappa shape index (κ3) is 3.66. The second-order valence-corrected chi connectivity index (χ2v) is 6.40. The van der Waals surface area contributed by atoms with Gasteiger partial charge in [-0.05, 0) is 45.1 Å². The van der Waals surface area contributed by atoms with Gasteiger partial charge in [-0.1, -0.05) is 6.07 Å². The standard InChI is InChI=1S/C18H20F2N4O/c1-23(2)11-12-8-9-21-17(22-12)15-7-4-10-24(15)18(25)16-13(19)5-3-6-14(16)20/h3,5-6,8-9,15H,4,7,10-11H2,1-2H3/t15-/m1/s1. The topological polar surface area (TPSA) is 49.3 Å². The molecule has 2 heterocycles. The Morgan fingerprint density at radius 2 is 2.00 bits per heavy atom. The predicted octanol–water partition coefficient (Wildman–Crippen LogP) is 2.79. The highest BCUT2D eigenvalue weighted by atomic mass is 19.1. The first-order valence-corrected chi connectivity index (χ1v) is 8.19. The molecule has 7 heteroatoms. The molecule has 5 nitrogen and oxygen atoms in total. The molecule has 0 spiro atoms. The molecular weight excluding hydrogens is 326 g/mol. The van der Waals surface area contributed by atoms with Crippen LogP contribution in [0.2, 0.25) is 0 Å². The van der Waals surface area contributed by atoms with Gasteiger partial charge in [-0.15, -0.1) is 0 Å². The van der Waals surface area contributed by atoms with Gasteiger partial charge in [0, 0.05) is 19.3 Å². The molecule has 0 bridgehead atoms. The zero-order chi connectivity index (χ0) is 18.0. The van der Waals surface area contributed by atoms with Crippen LogP contribution < -0.4 is 0 Å². The average Bonchev–Trinajstić information content (AvgIpc) is 3.04. The van der Waals surface area contributed by atoms with E-state index in [0.717, 1.165) is 24.2 Å². The summed E-state index contributed by atoms with van der Waals surface area (Å²) in [5, 5.41) is 0. The van der Waals surface area contributed by atoms with E-state index in [-0.39, 0.29) is 6.04 Å². The van der Waals surface area contributed by atoms with Crippen molar-refractivity contribution < 1.29 is 13.6 Å². The van der Waals surface area contributed by atoms with Crippen LogP contribution in [-0.4, -0.2) is 46.3 Å². The van der Waals surface area contributed by atoms with Gasteiger partial charge in [0.05, 0.1) is 11.7 Å². The zero-order valence-electron chi connectivity index (χ0n) is 14.2. The zero-order valence-corrected chi connectivity index (χ0v) is 14.2. The normalized spacial score (nSPS) is 17.3. The first-order chi connectivity index (χ1) is 12.0. The minimum absolute atomic E-state index is 0.367. The first kappa shape index (κ1) is 17.4. The van der Waals surface area contributed by atoms with Gasteiger partial charge in [-0.3, -0.25) is 4.79 Å². The smallest absolute Gasteiger partial charge is 0.260 e. The summed E-state index contributed by atoms with van der Waals surface area (Å²) >= 11 is 0. The highest BCUT2D eigenvalue weighted by Gasteiger charge is 2.34. The predicted molar refractivity (Wildman–Crippen MR) is 88.8 cm³/mol. The van der Waals surface area contributed by atoms with E-state index >= 15 is 0 Å². The molecule has 0 saturated carbocycles. The Bertz CT molecular complexity index is 761. The number of hydrogen-bond acceptors (Lipinski definition) is 4. The van der Waals surface area contributed by atoms with Crippen LogP contribution in [0.1, 0.15) is 40.8 Å². The Kier molecular flexibility index (Phi) is 5.03. The van der Waals surface area contributed by atoms with E-state index in [4.69, 9.17) is 0 Å². The van der Waals surface area contributed by atoms with Gasteiger partial charge >= 0.3 is 0 Å². The van der Waals surface area contributed by atoms with Crippen LogP contribution in [-0.2, 0) is 6.54 Å². The van der Waals surface area contributed by atoms with Crippen molar-refractivity contribution in [2.75, 3.05) is 20.6 Å². The van der Waals surface area contributed by atoms with Gasteiger partial charge in [0.15, 0.2) is 5.82 Å². The molecule has 1 aromatic carbocycles. The molecule has 1 aliphatic heterocycles. The molecule has 1 amide bonds. The summed E-state index contributed by atoms with van der Waals surface area (Å²) in [5.41, 5.74) is 0.324. The molecule has 0 unspecified atom stereocenters. The van der Waals surface area contributed by atoms with Gasteiger partial charge in [0.1, 0.15) is 17.2 Å². The van der Waals surface area contributed by atoms with Gasteiger partial charge in [0.2, 0.25) is 0 Å². The number of rotatable bonds is 4. The van der Waals surface area contributed by atoms with Crippen LogP contribution in [0.25, 0.3) is 0 Å². The van der Waals surface area contributed by atoms with Crippen LogP contribution in [0.15, 0.2) is 30.5 Å². The summed E-state index contributed by atoms with van der Waals surface area (Å²) in [6.07, 6.45) is 3.08. The molecular formula is C18H20F2N4O. The highest BCUT2D eigenvalue weighted by Crippen LogP contribution is 2.32. The Morgan fingerprint density at radius 3 is 2.68 bits per heavy atom. The molecule has 25 heavy (non-hydrogen) atoms. The Morgan fingerprint density at radius 1 is 1.28 bits per heavy atom. The lowest BCUT2D eigenvalue weighted by molar-refractivity contribution is 0.0719. The second kappa shape index (κ2) is 7.23. The lowest BCUT2D eigenvalue weighted by Crippen LogP contribution is -2.33. The van der Waals surface area contributed by atoms with Crippen molar-refractivity contribution in [3.8, 4) is 0 Å². The Hall–Kier alpha value is -2.41. The van der Waals surface area contributed by atoms with Crippen molar-refractivity contribution in [3.05, 3.63) is 59.2 Å². The fourth-order valence-corrected chi connectivity index (χ4v) is 3.11. The van der Waals surface area contributed by atoms with Crippen molar-refractivity contribution >= 4 is 5.91 Å². The number of likely N-dealkylation sites (tertiary alicyclic amines) is 1. The van der Waals surface area contributed by atoms with Crippen LogP contribution in [0.4, 0.5) is 8.78 Å². The molecule has 3 rings (SSSR count). The Labute approximate surface area is 145 Å². The molecule has 1 saturated heterocycles. The fraction of sp³-hybridized carbons (Fsp3) is 0.389. The summed E-state index contributed by atoms with van der Waals surface area (Å²) in [4.78, 5) is 25.0. The molecule has 132 valence electrons. The molecule has 0 N–H and O–H groups in total. The third-order valence-electron chi connectivity index (χ3n) is 4.20. The maximum absolute atomic E-state index is 14.0. The monoisotopic (exact) mass is 346 g/mol. The maximum atomic E-state index is 14.0. The SMILES string of the molecule is CN(C)Cc1ccnc([C@H]2CCCN2C(=O)c2c(F)cccc2F)n1. The van der Waals surface area contributed by atoms with Crippen molar-refractivity contribution in [2.45, 2.75) is 25.4 Å². The first-order valence-electron chi connectivity index (χ1n) is 8.19. The molecule has 2 aromatic rings. The van der Waals surface area contributed by atoms with Crippen LogP contribution in [0.3, 0.4) is 0 Å². The number of halogens is 2. The van der Waals surface area contributed by atoms with Crippen LogP contribution in [0, 0.1) is 11.6 Å². The van der Waals surface area contributed by atoms with Crippen LogP contribution >= 0.6 is 0 Å². The summed E-state index contributed by atoms with van der Waals surface area (Å²) < 4.78 is 27.9. The molecule has 1 atom stereocenters. The van der Waals surface area contributed by atoms with Crippen molar-refractivity contribution in [1.82, 2.24) is 19.8 Å². The number of benzene rings is 1. The molecule has 0 aliphatic carbocycles. The summed E-state index contributed by atoms with van der Waals surface area (Å²) in [7, 11) is 3.88. The lowest BCUT2D eigenvalue weighted by Gasteiger charge is -2.24. The molecule has 1 fully saturated rings. The number of carbonyl (C=O) groups excluding carboxylic acids is 1. The molecule has 0 radical (unpaired) electrons. The minimum Gasteiger partial charge on any atom is -0.328 e. The van der Waals surface area contributed by atoms with Gasteiger partial charge < -0.3 is 9.80 Å². The number of nitrogens with zero attached hydrogens (tertiary/aromatic N) is 4. The van der Waals surface area contributed by atoms with Crippen molar-refractivity contribution in [2.24, 2.45) is 0 Å². The highest BCUT2D eigenvalue weighted by molar-refractivity contribution is 5.95. The second-order valence-electron chi connectivity index (χ2n) is 6.40. The molecule has 1 aliphatic rings. The van der Waals surface area contributed by atoms with E-state index < -0.39 is 23.1 Å². The fourth-order valence-electron chi connectivity index (χ4n) is 3.11. The number of aromatic nitrogens is 2. The maximum Gasteiger partial charge on any atom is 0.260 e. The minimum atomic E-state index is -0.849. The van der Waals surface area contributed by atoms with E-state index in [9.17, 15) is 13.6 Å². The van der Waals surface area contributed by atoms with E-state index in [0.29, 0.717) is 25.3 Å². The third-order valence-corrected chi connectivity index (χ3v) is 4.20. The summed E-state index contributed by atoms with van der Waals surface area (Å²) in [5.74, 6) is -1.84. The summed E-state index contributed by atoms with van der Waals surface area (Å²) in [6.45, 7) is 1.08. The quantitative estimate of drug-likeness (QED) is 0.854. The molecule has 1 aromatic heterocycles. The van der Waals surface area contributed by atoms with Crippen LogP contribution in [0.5, 0.6) is 0 Å². The largest absolute Gasteiger partial charge is 0.328 e. The van der Waals surface area contributed by atoms with Gasteiger partial charge in [-0.2, -0.15) is 0 Å². The lowest BCUT2D eigenvalue weighted by atomic mass is 10.1. The number of hydrogen-bond donors (Lipinski definition) is 0. The van der Waals surface area contributed by atoms with Crippen molar-refractivity contribution in [3.63, 3.8) is 0 Å².